The molecule has 0 aliphatic carbocycles. The molecule has 0 bridgehead atoms. The summed E-state index contributed by atoms with van der Waals surface area (Å²) < 4.78 is 30.2. The number of aryl methyl sites for hydroxylation is 2. The van der Waals surface area contributed by atoms with E-state index in [4.69, 9.17) is 4.42 Å². The molecule has 0 aliphatic heterocycles. The Labute approximate surface area is 141 Å². The zero-order valence-electron chi connectivity index (χ0n) is 13.7. The largest absolute Gasteiger partial charge is 0.463 e. The number of sulfonamides is 1. The molecule has 24 heavy (non-hydrogen) atoms. The summed E-state index contributed by atoms with van der Waals surface area (Å²) in [7, 11) is -3.61. The van der Waals surface area contributed by atoms with E-state index in [1.165, 1.54) is 12.5 Å². The van der Waals surface area contributed by atoms with Crippen molar-refractivity contribution in [2.75, 3.05) is 17.1 Å². The number of amides is 1. The van der Waals surface area contributed by atoms with Gasteiger partial charge in [0.1, 0.15) is 12.3 Å². The van der Waals surface area contributed by atoms with Gasteiger partial charge in [-0.1, -0.05) is 17.7 Å². The number of hydrogen-bond donors (Lipinski definition) is 1. The zero-order chi connectivity index (χ0) is 17.7. The molecule has 0 fully saturated rings. The van der Waals surface area contributed by atoms with E-state index in [1.807, 2.05) is 13.0 Å². The van der Waals surface area contributed by atoms with Gasteiger partial charge in [-0.25, -0.2) is 13.8 Å². The van der Waals surface area contributed by atoms with Gasteiger partial charge in [-0.15, -0.1) is 0 Å². The normalized spacial score (nSPS) is 11.6. The molecule has 1 amide bonds. The van der Waals surface area contributed by atoms with Crippen molar-refractivity contribution < 1.29 is 17.6 Å². The van der Waals surface area contributed by atoms with Crippen LogP contribution in [-0.2, 0) is 14.8 Å². The Balaban J connectivity index is 2.13. The van der Waals surface area contributed by atoms with E-state index in [-0.39, 0.29) is 6.54 Å². The van der Waals surface area contributed by atoms with Crippen LogP contribution in [-0.4, -0.2) is 33.3 Å². The third-order valence-corrected chi connectivity index (χ3v) is 4.36. The number of nitrogens with one attached hydrogen (secondary N) is 1. The fourth-order valence-corrected chi connectivity index (χ4v) is 3.08. The molecular weight excluding hydrogens is 330 g/mol. The van der Waals surface area contributed by atoms with Crippen molar-refractivity contribution in [2.24, 2.45) is 5.10 Å². The van der Waals surface area contributed by atoms with Crippen LogP contribution in [0.15, 0.2) is 46.1 Å². The molecule has 1 heterocycles. The van der Waals surface area contributed by atoms with Crippen molar-refractivity contribution in [3.8, 4) is 0 Å². The topological polar surface area (TPSA) is 92.0 Å². The number of benzene rings is 1. The Morgan fingerprint density at radius 1 is 1.33 bits per heavy atom. The molecule has 1 aromatic carbocycles. The monoisotopic (exact) mass is 349 g/mol. The lowest BCUT2D eigenvalue weighted by molar-refractivity contribution is -0.119. The molecule has 0 atom stereocenters. The number of furan rings is 1. The van der Waals surface area contributed by atoms with Crippen molar-refractivity contribution >= 4 is 27.8 Å². The third-order valence-electron chi connectivity index (χ3n) is 3.23. The lowest BCUT2D eigenvalue weighted by Crippen LogP contribution is -2.39. The summed E-state index contributed by atoms with van der Waals surface area (Å²) in [6, 6.07) is 8.71. The number of hydrogen-bond acceptors (Lipinski definition) is 5. The fourth-order valence-electron chi connectivity index (χ4n) is 2.16. The molecule has 1 aromatic heterocycles. The molecule has 0 unspecified atom stereocenters. The van der Waals surface area contributed by atoms with Crippen molar-refractivity contribution in [1.29, 1.82) is 0 Å². The molecule has 0 radical (unpaired) electrons. The minimum absolute atomic E-state index is 0.363. The highest BCUT2D eigenvalue weighted by Gasteiger charge is 2.22. The number of carbonyl (C=O) groups is 1. The van der Waals surface area contributed by atoms with Crippen LogP contribution in [0.25, 0.3) is 0 Å². The molecule has 2 aromatic rings. The van der Waals surface area contributed by atoms with Crippen LogP contribution in [0, 0.1) is 13.8 Å². The van der Waals surface area contributed by atoms with Crippen LogP contribution in [0.2, 0.25) is 0 Å². The van der Waals surface area contributed by atoms with Gasteiger partial charge in [-0.3, -0.25) is 9.10 Å². The Kier molecular flexibility index (Phi) is 5.40. The third kappa shape index (κ3) is 4.69. The average Bonchev–Trinajstić information content (AvgIpc) is 2.98. The lowest BCUT2D eigenvalue weighted by atomic mass is 10.1. The van der Waals surface area contributed by atoms with E-state index < -0.39 is 15.9 Å². The highest BCUT2D eigenvalue weighted by Crippen LogP contribution is 2.23. The van der Waals surface area contributed by atoms with Gasteiger partial charge in [0, 0.05) is 0 Å². The smallest absolute Gasteiger partial charge is 0.260 e. The van der Waals surface area contributed by atoms with Crippen LogP contribution in [0.1, 0.15) is 16.9 Å². The van der Waals surface area contributed by atoms with Crippen LogP contribution < -0.4 is 9.73 Å². The van der Waals surface area contributed by atoms with E-state index in [0.29, 0.717) is 11.4 Å². The maximum absolute atomic E-state index is 12.1. The van der Waals surface area contributed by atoms with Gasteiger partial charge in [-0.05, 0) is 37.6 Å². The molecule has 0 aliphatic rings. The average molecular weight is 349 g/mol. The fraction of sp³-hybridized carbons (Fsp3) is 0.250. The highest BCUT2D eigenvalue weighted by molar-refractivity contribution is 7.92. The second kappa shape index (κ2) is 7.31. The quantitative estimate of drug-likeness (QED) is 0.636. The summed E-state index contributed by atoms with van der Waals surface area (Å²) >= 11 is 0. The summed E-state index contributed by atoms with van der Waals surface area (Å²) in [5.41, 5.74) is 4.54. The number of hydrazone groups is 1. The van der Waals surface area contributed by atoms with Gasteiger partial charge in [0.05, 0.1) is 24.4 Å². The number of carbonyl (C=O) groups excluding carboxylic acids is 1. The Morgan fingerprint density at radius 2 is 2.08 bits per heavy atom. The predicted molar refractivity (Wildman–Crippen MR) is 92.6 cm³/mol. The van der Waals surface area contributed by atoms with Gasteiger partial charge in [0.25, 0.3) is 5.91 Å². The first-order valence-electron chi connectivity index (χ1n) is 7.18. The number of anilines is 1. The molecule has 2 rings (SSSR count). The van der Waals surface area contributed by atoms with Crippen LogP contribution in [0.3, 0.4) is 0 Å². The molecule has 7 nitrogen and oxygen atoms in total. The van der Waals surface area contributed by atoms with Gasteiger partial charge in [-0.2, -0.15) is 5.10 Å². The van der Waals surface area contributed by atoms with Crippen LogP contribution >= 0.6 is 0 Å². The lowest BCUT2D eigenvalue weighted by Gasteiger charge is -2.23. The van der Waals surface area contributed by atoms with E-state index in [9.17, 15) is 13.2 Å². The minimum Gasteiger partial charge on any atom is -0.463 e. The Hall–Kier alpha value is -2.61. The van der Waals surface area contributed by atoms with Crippen LogP contribution in [0.4, 0.5) is 5.69 Å². The van der Waals surface area contributed by atoms with E-state index in [1.54, 1.807) is 31.2 Å². The maximum atomic E-state index is 12.1. The first kappa shape index (κ1) is 17.7. The second-order valence-corrected chi connectivity index (χ2v) is 7.27. The molecule has 1 N–H and O–H groups in total. The van der Waals surface area contributed by atoms with Gasteiger partial charge in [0.15, 0.2) is 0 Å². The zero-order valence-corrected chi connectivity index (χ0v) is 14.5. The molecule has 8 heteroatoms. The predicted octanol–water partition coefficient (Wildman–Crippen LogP) is 1.81. The molecule has 0 saturated carbocycles. The van der Waals surface area contributed by atoms with Crippen molar-refractivity contribution in [2.45, 2.75) is 13.8 Å². The molecular formula is C16H19N3O4S. The molecule has 128 valence electrons. The summed E-state index contributed by atoms with van der Waals surface area (Å²) in [4.78, 5) is 12.0. The van der Waals surface area contributed by atoms with Crippen molar-refractivity contribution in [1.82, 2.24) is 5.43 Å². The van der Waals surface area contributed by atoms with E-state index >= 15 is 0 Å². The standard InChI is InChI=1S/C16H19N3O4S/c1-12-6-7-15(13(2)9-12)19(24(3,21)22)11-16(20)18-17-10-14-5-4-8-23-14/h4-10H,11H2,1-3H3,(H,18,20)/b17-10-. The SMILES string of the molecule is Cc1ccc(N(CC(=O)N/N=C\c2ccco2)S(C)(=O)=O)c(C)c1. The summed E-state index contributed by atoms with van der Waals surface area (Å²) in [6.45, 7) is 3.35. The van der Waals surface area contributed by atoms with Crippen molar-refractivity contribution in [3.63, 3.8) is 0 Å². The number of nitrogens with zero attached hydrogens (tertiary/aromatic N) is 2. The van der Waals surface area contributed by atoms with Gasteiger partial charge < -0.3 is 4.42 Å². The second-order valence-electron chi connectivity index (χ2n) is 5.37. The van der Waals surface area contributed by atoms with Crippen LogP contribution in [0.5, 0.6) is 0 Å². The maximum Gasteiger partial charge on any atom is 0.260 e. The summed E-state index contributed by atoms with van der Waals surface area (Å²) in [5, 5.41) is 3.74. The first-order valence-corrected chi connectivity index (χ1v) is 9.02. The van der Waals surface area contributed by atoms with Gasteiger partial charge in [0.2, 0.25) is 10.0 Å². The van der Waals surface area contributed by atoms with E-state index in [0.717, 1.165) is 21.7 Å². The summed E-state index contributed by atoms with van der Waals surface area (Å²) in [5.74, 6) is -0.0761. The van der Waals surface area contributed by atoms with E-state index in [2.05, 4.69) is 10.5 Å². The summed E-state index contributed by atoms with van der Waals surface area (Å²) in [6.07, 6.45) is 3.88. The number of rotatable bonds is 6. The molecule has 0 spiro atoms. The highest BCUT2D eigenvalue weighted by atomic mass is 32.2. The molecule has 0 saturated heterocycles. The first-order chi connectivity index (χ1) is 11.3. The minimum atomic E-state index is -3.61. The van der Waals surface area contributed by atoms with Crippen molar-refractivity contribution in [3.05, 3.63) is 53.5 Å². The van der Waals surface area contributed by atoms with Gasteiger partial charge >= 0.3 is 0 Å². The Morgan fingerprint density at radius 3 is 2.67 bits per heavy atom. The Bertz CT molecular complexity index is 842.